The Morgan fingerprint density at radius 3 is 1.60 bits per heavy atom. The van der Waals surface area contributed by atoms with Crippen molar-refractivity contribution in [3.8, 4) is 0 Å². The third-order valence-electron chi connectivity index (χ3n) is 5.28. The van der Waals surface area contributed by atoms with Crippen molar-refractivity contribution in [3.05, 3.63) is 29.9 Å². The zero-order chi connectivity index (χ0) is 22.5. The van der Waals surface area contributed by atoms with Crippen molar-refractivity contribution in [2.45, 2.75) is 79.3 Å². The van der Waals surface area contributed by atoms with Crippen LogP contribution in [0, 0.1) is 0 Å². The SMILES string of the molecule is CCCCP(CCCC)(N=c1n(C(C)C)c2ccccc2n1C(C)C)=NS(C)(C)C. The molecule has 0 N–H and O–H groups in total. The largest absolute Gasteiger partial charge is 0.307 e. The molecule has 0 spiro atoms. The second kappa shape index (κ2) is 10.6. The van der Waals surface area contributed by atoms with Gasteiger partial charge in [0.15, 0.2) is 0 Å². The van der Waals surface area contributed by atoms with Crippen molar-refractivity contribution < 1.29 is 0 Å². The van der Waals surface area contributed by atoms with Gasteiger partial charge < -0.3 is 9.13 Å². The van der Waals surface area contributed by atoms with Crippen molar-refractivity contribution in [2.75, 3.05) is 31.1 Å². The maximum atomic E-state index is 5.72. The summed E-state index contributed by atoms with van der Waals surface area (Å²) in [6.07, 6.45) is 14.1. The van der Waals surface area contributed by atoms with E-state index in [1.165, 1.54) is 36.7 Å². The van der Waals surface area contributed by atoms with Crippen LogP contribution in [0.5, 0.6) is 0 Å². The first-order valence-electron chi connectivity index (χ1n) is 11.6. The molecule has 6 heteroatoms. The molecular weight excluding hydrogens is 407 g/mol. The topological polar surface area (TPSA) is 34.6 Å². The normalized spacial score (nSPS) is 13.4. The van der Waals surface area contributed by atoms with E-state index in [9.17, 15) is 0 Å². The Morgan fingerprint density at radius 1 is 0.833 bits per heavy atom. The quantitative estimate of drug-likeness (QED) is 0.329. The number of imidazole rings is 1. The lowest BCUT2D eigenvalue weighted by molar-refractivity contribution is 0.524. The number of nitrogens with zero attached hydrogens (tertiary/aromatic N) is 4. The monoisotopic (exact) mass is 452 g/mol. The van der Waals surface area contributed by atoms with E-state index in [1.807, 2.05) is 0 Å². The minimum Gasteiger partial charge on any atom is -0.307 e. The number of unbranched alkanes of at least 4 members (excludes halogenated alkanes) is 2. The summed E-state index contributed by atoms with van der Waals surface area (Å²) in [6.45, 7) is 13.7. The fourth-order valence-corrected chi connectivity index (χ4v) is 11.1. The molecule has 0 atom stereocenters. The molecule has 1 aromatic heterocycles. The molecule has 0 fully saturated rings. The van der Waals surface area contributed by atoms with Crippen LogP contribution in [-0.2, 0) is 0 Å². The highest BCUT2D eigenvalue weighted by atomic mass is 32.3. The van der Waals surface area contributed by atoms with E-state index in [-0.39, 0.29) is 0 Å². The minimum atomic E-state index is -1.82. The van der Waals surface area contributed by atoms with Gasteiger partial charge in [0.1, 0.15) is 0 Å². The first-order chi connectivity index (χ1) is 14.0. The first kappa shape index (κ1) is 25.3. The van der Waals surface area contributed by atoms with Gasteiger partial charge in [0.25, 0.3) is 0 Å². The van der Waals surface area contributed by atoms with Gasteiger partial charge in [-0.3, -0.25) is 0 Å². The number of fused-ring (bicyclic) bond motifs is 1. The summed E-state index contributed by atoms with van der Waals surface area (Å²) < 4.78 is 16.2. The van der Waals surface area contributed by atoms with Crippen molar-refractivity contribution in [2.24, 2.45) is 8.91 Å². The van der Waals surface area contributed by atoms with Gasteiger partial charge >= 0.3 is 0 Å². The summed E-state index contributed by atoms with van der Waals surface area (Å²) in [7, 11) is -2.81. The van der Waals surface area contributed by atoms with Crippen LogP contribution >= 0.6 is 17.4 Å². The molecule has 0 amide bonds. The van der Waals surface area contributed by atoms with Crippen LogP contribution in [0.15, 0.2) is 33.2 Å². The molecule has 0 aliphatic carbocycles. The number of hydrogen-bond acceptors (Lipinski definition) is 1. The van der Waals surface area contributed by atoms with E-state index in [4.69, 9.17) is 8.91 Å². The number of hydrogen-bond donors (Lipinski definition) is 0. The Morgan fingerprint density at radius 2 is 1.27 bits per heavy atom. The standard InChI is InChI=1S/C24H45N4PS/c1-10-12-18-29(19-13-11-2,26-30(7,8)9)25-24-27(20(3)4)22-16-14-15-17-23(22)28(24)21(5)6/h14-17,20-21H,10-13,18-19H2,1-9H3. The highest BCUT2D eigenvalue weighted by molar-refractivity contribution is 8.32. The zero-order valence-electron chi connectivity index (χ0n) is 20.9. The minimum absolute atomic E-state index is 0.356. The third kappa shape index (κ3) is 6.07. The molecular formula is C24H45N4PS. The van der Waals surface area contributed by atoms with Crippen molar-refractivity contribution >= 4 is 28.5 Å². The molecule has 0 unspecified atom stereocenters. The molecule has 0 aliphatic heterocycles. The van der Waals surface area contributed by atoms with Gasteiger partial charge in [-0.05, 0) is 71.4 Å². The van der Waals surface area contributed by atoms with E-state index in [2.05, 4.69) is 93.7 Å². The molecule has 0 bridgehead atoms. The van der Waals surface area contributed by atoms with Gasteiger partial charge in [0, 0.05) is 24.4 Å². The van der Waals surface area contributed by atoms with E-state index in [0.717, 1.165) is 17.9 Å². The Bertz CT molecular complexity index is 884. The Balaban J connectivity index is 2.99. The van der Waals surface area contributed by atoms with Crippen molar-refractivity contribution in [3.63, 3.8) is 0 Å². The Labute approximate surface area is 186 Å². The van der Waals surface area contributed by atoms with Crippen molar-refractivity contribution in [1.29, 1.82) is 0 Å². The molecule has 2 aromatic rings. The van der Waals surface area contributed by atoms with Crippen LogP contribution in [0.4, 0.5) is 0 Å². The van der Waals surface area contributed by atoms with Crippen LogP contribution < -0.4 is 5.62 Å². The molecule has 0 saturated heterocycles. The summed E-state index contributed by atoms with van der Waals surface area (Å²) in [5.41, 5.74) is 3.70. The smallest absolute Gasteiger partial charge is 0.211 e. The third-order valence-corrected chi connectivity index (χ3v) is 11.1. The Kier molecular flexibility index (Phi) is 8.94. The number of para-hydroxylation sites is 2. The number of benzene rings is 1. The van der Waals surface area contributed by atoms with Gasteiger partial charge in [-0.2, -0.15) is 10.2 Å². The molecule has 0 radical (unpaired) electrons. The zero-order valence-corrected chi connectivity index (χ0v) is 22.6. The van der Waals surface area contributed by atoms with Gasteiger partial charge in [-0.15, -0.1) is 0 Å². The van der Waals surface area contributed by atoms with E-state index in [0.29, 0.717) is 12.1 Å². The molecule has 1 heterocycles. The summed E-state index contributed by atoms with van der Waals surface area (Å²) in [5, 5.41) is 0. The van der Waals surface area contributed by atoms with Crippen molar-refractivity contribution in [1.82, 2.24) is 9.13 Å². The van der Waals surface area contributed by atoms with E-state index in [1.54, 1.807) is 0 Å². The predicted octanol–water partition coefficient (Wildman–Crippen LogP) is 7.83. The summed E-state index contributed by atoms with van der Waals surface area (Å²) in [5.74, 6) is 0. The molecule has 0 aliphatic rings. The summed E-state index contributed by atoms with van der Waals surface area (Å²) in [4.78, 5) is 0. The van der Waals surface area contributed by atoms with Crippen LogP contribution in [0.2, 0.25) is 0 Å². The summed E-state index contributed by atoms with van der Waals surface area (Å²) in [6, 6.07) is 9.51. The highest BCUT2D eigenvalue weighted by Crippen LogP contribution is 2.60. The van der Waals surface area contributed by atoms with Crippen LogP contribution in [-0.4, -0.2) is 40.2 Å². The van der Waals surface area contributed by atoms with Gasteiger partial charge in [-0.1, -0.05) is 38.8 Å². The fourth-order valence-electron chi connectivity index (χ4n) is 4.07. The predicted molar refractivity (Wildman–Crippen MR) is 141 cm³/mol. The molecule has 4 nitrogen and oxygen atoms in total. The summed E-state index contributed by atoms with van der Waals surface area (Å²) >= 11 is 0. The van der Waals surface area contributed by atoms with Crippen LogP contribution in [0.3, 0.4) is 0 Å². The molecule has 30 heavy (non-hydrogen) atoms. The van der Waals surface area contributed by atoms with E-state index >= 15 is 0 Å². The van der Waals surface area contributed by atoms with Crippen LogP contribution in [0.25, 0.3) is 11.0 Å². The molecule has 0 saturated carbocycles. The van der Waals surface area contributed by atoms with E-state index < -0.39 is 17.4 Å². The van der Waals surface area contributed by atoms with Gasteiger partial charge in [0.05, 0.1) is 18.2 Å². The maximum Gasteiger partial charge on any atom is 0.211 e. The second-order valence-electron chi connectivity index (χ2n) is 9.70. The first-order valence-corrected chi connectivity index (χ1v) is 16.5. The maximum absolute atomic E-state index is 5.72. The second-order valence-corrected chi connectivity index (χ2v) is 16.8. The molecule has 1 aromatic carbocycles. The lowest BCUT2D eigenvalue weighted by Crippen LogP contribution is -2.28. The lowest BCUT2D eigenvalue weighted by Gasteiger charge is -2.29. The fraction of sp³-hybridized carbons (Fsp3) is 0.708. The molecule has 2 rings (SSSR count). The Hall–Kier alpha value is -0.930. The lowest BCUT2D eigenvalue weighted by atomic mass is 10.3. The molecule has 172 valence electrons. The number of aromatic nitrogens is 2. The van der Waals surface area contributed by atoms with Crippen LogP contribution in [0.1, 0.15) is 79.3 Å². The average molecular weight is 453 g/mol. The highest BCUT2D eigenvalue weighted by Gasteiger charge is 2.24. The van der Waals surface area contributed by atoms with Gasteiger partial charge in [0.2, 0.25) is 5.62 Å². The number of rotatable bonds is 10. The van der Waals surface area contributed by atoms with Gasteiger partial charge in [-0.25, -0.2) is 8.91 Å². The average Bonchev–Trinajstić information content (AvgIpc) is 2.97.